The molecule has 0 aromatic heterocycles. The first-order valence-electron chi connectivity index (χ1n) is 0. The van der Waals surface area contributed by atoms with Gasteiger partial charge in [0.05, 0.1) is 0 Å². The quantitative estimate of drug-likeness (QED) is 0.471. The van der Waals surface area contributed by atoms with E-state index in [2.05, 4.69) is 0 Å². The zero-order valence-corrected chi connectivity index (χ0v) is 4.47. The Morgan fingerprint density at radius 3 is 0.750 bits per heavy atom. The van der Waals surface area contributed by atoms with Crippen LogP contribution in [0.2, 0.25) is 0 Å². The molecule has 0 aromatic rings. The summed E-state index contributed by atoms with van der Waals surface area (Å²) in [6.45, 7) is 0. The minimum Gasteiger partial charge on any atom is -2.00 e. The van der Waals surface area contributed by atoms with Crippen LogP contribution < -0.4 is 0 Å². The largest absolute Gasteiger partial charge is 4.00 e. The smallest absolute Gasteiger partial charge is 2.00 e. The van der Waals surface area contributed by atoms with Gasteiger partial charge in [0.1, 0.15) is 0 Å². The van der Waals surface area contributed by atoms with Crippen molar-refractivity contribution in [2.24, 2.45) is 0 Å². The van der Waals surface area contributed by atoms with Gasteiger partial charge in [0.2, 0.25) is 0 Å². The van der Waals surface area contributed by atoms with E-state index in [-0.39, 0.29) is 47.5 Å². The topological polar surface area (TPSA) is 57.0 Å². The van der Waals surface area contributed by atoms with E-state index in [1.807, 2.05) is 0 Å². The fourth-order valence-corrected chi connectivity index (χ4v) is 0. The molecule has 1 radical (unpaired) electrons. The second-order valence-corrected chi connectivity index (χ2v) is 0. The molecule has 0 aliphatic rings. The summed E-state index contributed by atoms with van der Waals surface area (Å²) in [6.07, 6.45) is 0. The van der Waals surface area contributed by atoms with Gasteiger partial charge in [-0.15, -0.1) is 0 Å². The van der Waals surface area contributed by atoms with Gasteiger partial charge >= 0.3 is 17.1 Å². The third kappa shape index (κ3) is 11.5. The van der Waals surface area contributed by atoms with E-state index in [0.717, 1.165) is 0 Å². The minimum atomic E-state index is 0. The van der Waals surface area contributed by atoms with Crippen LogP contribution in [0.5, 0.6) is 0 Å². The maximum atomic E-state index is 0. The summed E-state index contributed by atoms with van der Waals surface area (Å²) < 4.78 is 0. The van der Waals surface area contributed by atoms with Crippen molar-refractivity contribution >= 4 is 0 Å². The van der Waals surface area contributed by atoms with E-state index >= 15 is 0 Å². The molecule has 2 nitrogen and oxygen atoms in total. The summed E-state index contributed by atoms with van der Waals surface area (Å²) in [4.78, 5) is 0. The molecular weight excluding hydrogens is 188 g/mol. The standard InChI is InChI=1S/Mn.2O.Ru/q+4;2*-2;. The Morgan fingerprint density at radius 1 is 0.750 bits per heavy atom. The normalized spacial score (nSPS) is 0. The van der Waals surface area contributed by atoms with Crippen molar-refractivity contribution in [2.45, 2.75) is 0 Å². The van der Waals surface area contributed by atoms with Crippen molar-refractivity contribution < 1.29 is 47.5 Å². The summed E-state index contributed by atoms with van der Waals surface area (Å²) >= 11 is 0. The van der Waals surface area contributed by atoms with E-state index in [0.29, 0.717) is 0 Å². The van der Waals surface area contributed by atoms with Crippen LogP contribution >= 0.6 is 0 Å². The molecule has 27 valence electrons. The average molecular weight is 188 g/mol. The molecule has 0 bridgehead atoms. The van der Waals surface area contributed by atoms with Gasteiger partial charge in [-0.2, -0.15) is 0 Å². The molecule has 0 saturated heterocycles. The first kappa shape index (κ1) is 74.0. The second kappa shape index (κ2) is 33.7. The van der Waals surface area contributed by atoms with Crippen LogP contribution in [0.15, 0.2) is 0 Å². The van der Waals surface area contributed by atoms with Crippen LogP contribution in [0, 0.1) is 0 Å². The first-order valence-corrected chi connectivity index (χ1v) is 0. The summed E-state index contributed by atoms with van der Waals surface area (Å²) in [7, 11) is 0. The summed E-state index contributed by atoms with van der Waals surface area (Å²) in [5.41, 5.74) is 0. The Kier molecular flexibility index (Phi) is 624. The molecule has 0 spiro atoms. The van der Waals surface area contributed by atoms with Crippen LogP contribution in [0.4, 0.5) is 0 Å². The fraction of sp³-hybridized carbons (Fsp3) is 0. The fourth-order valence-electron chi connectivity index (χ4n) is 0. The van der Waals surface area contributed by atoms with Crippen molar-refractivity contribution in [3.8, 4) is 0 Å². The van der Waals surface area contributed by atoms with Gasteiger partial charge in [0, 0.05) is 19.5 Å². The summed E-state index contributed by atoms with van der Waals surface area (Å²) in [5.74, 6) is 0. The molecule has 0 heterocycles. The van der Waals surface area contributed by atoms with Crippen LogP contribution in [0.3, 0.4) is 0 Å². The third-order valence-corrected chi connectivity index (χ3v) is 0. The molecule has 4 heteroatoms. The summed E-state index contributed by atoms with van der Waals surface area (Å²) in [6, 6.07) is 0. The molecule has 0 fully saturated rings. The van der Waals surface area contributed by atoms with Gasteiger partial charge in [0.15, 0.2) is 0 Å². The summed E-state index contributed by atoms with van der Waals surface area (Å²) in [5, 5.41) is 0. The molecule has 0 aliphatic carbocycles. The molecule has 0 aromatic carbocycles. The maximum Gasteiger partial charge on any atom is 4.00 e. The zero-order valence-electron chi connectivity index (χ0n) is 1.55. The Hall–Kier alpha value is 1.06. The Balaban J connectivity index is 0. The first-order chi connectivity index (χ1) is 0. The zero-order chi connectivity index (χ0) is 0. The van der Waals surface area contributed by atoms with Gasteiger partial charge in [0.25, 0.3) is 0 Å². The van der Waals surface area contributed by atoms with Crippen molar-refractivity contribution in [3.63, 3.8) is 0 Å². The van der Waals surface area contributed by atoms with Gasteiger partial charge in [-0.05, 0) is 0 Å². The SMILES string of the molecule is [Mn+4].[O-2].[O-2].[Ru]. The molecular formula is MnO2Ru. The van der Waals surface area contributed by atoms with E-state index in [1.165, 1.54) is 0 Å². The minimum absolute atomic E-state index is 0. The Labute approximate surface area is 47.8 Å². The van der Waals surface area contributed by atoms with Crippen LogP contribution in [0.25, 0.3) is 0 Å². The molecule has 0 amide bonds. The van der Waals surface area contributed by atoms with Crippen molar-refractivity contribution in [1.29, 1.82) is 0 Å². The van der Waals surface area contributed by atoms with Gasteiger partial charge in [-0.1, -0.05) is 0 Å². The Bertz CT molecular complexity index is 6.00. The molecule has 0 N–H and O–H groups in total. The van der Waals surface area contributed by atoms with Crippen molar-refractivity contribution in [3.05, 3.63) is 0 Å². The van der Waals surface area contributed by atoms with Gasteiger partial charge in [-0.3, -0.25) is 0 Å². The van der Waals surface area contributed by atoms with E-state index in [1.54, 1.807) is 0 Å². The van der Waals surface area contributed by atoms with Crippen LogP contribution in [-0.2, 0) is 47.5 Å². The molecule has 4 heavy (non-hydrogen) atoms. The molecule has 0 atom stereocenters. The van der Waals surface area contributed by atoms with Crippen molar-refractivity contribution in [1.82, 2.24) is 0 Å². The predicted molar refractivity (Wildman–Crippen MR) is 1.37 cm³/mol. The number of hydrogen-bond acceptors (Lipinski definition) is 0. The van der Waals surface area contributed by atoms with Gasteiger partial charge < -0.3 is 11.0 Å². The van der Waals surface area contributed by atoms with Crippen LogP contribution in [0.1, 0.15) is 0 Å². The van der Waals surface area contributed by atoms with E-state index in [9.17, 15) is 0 Å². The molecule has 0 saturated carbocycles. The maximum absolute atomic E-state index is 0. The van der Waals surface area contributed by atoms with E-state index in [4.69, 9.17) is 0 Å². The van der Waals surface area contributed by atoms with Crippen molar-refractivity contribution in [2.75, 3.05) is 0 Å². The number of rotatable bonds is 0. The van der Waals surface area contributed by atoms with E-state index < -0.39 is 0 Å². The molecule has 0 rings (SSSR count). The van der Waals surface area contributed by atoms with Gasteiger partial charge in [-0.25, -0.2) is 0 Å². The third-order valence-electron chi connectivity index (χ3n) is 0. The predicted octanol–water partition coefficient (Wildman–Crippen LogP) is -0.243. The molecule has 0 aliphatic heterocycles. The number of hydrogen-bond donors (Lipinski definition) is 0. The molecule has 0 unspecified atom stereocenters. The monoisotopic (exact) mass is 189 g/mol. The average Bonchev–Trinajstić information content (AvgIpc) is 0. The second-order valence-electron chi connectivity index (χ2n) is 0. The Morgan fingerprint density at radius 2 is 0.750 bits per heavy atom. The van der Waals surface area contributed by atoms with Crippen LogP contribution in [-0.4, -0.2) is 0 Å².